The number of anilines is 1. The van der Waals surface area contributed by atoms with Crippen molar-refractivity contribution in [2.45, 2.75) is 18.7 Å². The average Bonchev–Trinajstić information content (AvgIpc) is 2.65. The third kappa shape index (κ3) is 6.77. The highest BCUT2D eigenvalue weighted by atomic mass is 31.2. The lowest BCUT2D eigenvalue weighted by Crippen LogP contribution is -2.47. The average molecular weight is 462 g/mol. The number of hydrogen-bond acceptors (Lipinski definition) is 5. The molecule has 0 aliphatic rings. The Morgan fingerprint density at radius 3 is 2.32 bits per heavy atom. The van der Waals surface area contributed by atoms with Crippen LogP contribution in [0.3, 0.4) is 0 Å². The first-order valence-electron chi connectivity index (χ1n) is 8.31. The van der Waals surface area contributed by atoms with Gasteiger partial charge in [-0.1, -0.05) is 0 Å². The second kappa shape index (κ2) is 9.03. The lowest BCUT2D eigenvalue weighted by Gasteiger charge is -2.28. The summed E-state index contributed by atoms with van der Waals surface area (Å²) in [6, 6.07) is 8.14. The molecule has 2 rings (SSSR count). The number of carbonyl (C=O) groups excluding carboxylic acids is 1. The Hall–Kier alpha value is -2.97. The smallest absolute Gasteiger partial charge is 0.470 e. The molecular weight excluding hydrogens is 447 g/mol. The van der Waals surface area contributed by atoms with E-state index in [-0.39, 0.29) is 5.75 Å². The summed E-state index contributed by atoms with van der Waals surface area (Å²) in [5, 5.41) is 10.9. The summed E-state index contributed by atoms with van der Waals surface area (Å²) in [4.78, 5) is 30.9. The predicted octanol–water partition coefficient (Wildman–Crippen LogP) is 3.60. The molecule has 3 N–H and O–H groups in total. The van der Waals surface area contributed by atoms with Crippen LogP contribution in [0.5, 0.6) is 5.75 Å². The second-order valence-corrected chi connectivity index (χ2v) is 7.54. The van der Waals surface area contributed by atoms with Crippen LogP contribution in [0.2, 0.25) is 0 Å². The van der Waals surface area contributed by atoms with E-state index >= 15 is 0 Å². The van der Waals surface area contributed by atoms with Crippen molar-refractivity contribution in [3.63, 3.8) is 0 Å². The Kier molecular flexibility index (Phi) is 7.08. The molecule has 0 aromatic heterocycles. The van der Waals surface area contributed by atoms with E-state index in [1.165, 1.54) is 18.2 Å². The fourth-order valence-corrected chi connectivity index (χ4v) is 3.03. The van der Waals surface area contributed by atoms with Gasteiger partial charge in [0.2, 0.25) is 0 Å². The summed E-state index contributed by atoms with van der Waals surface area (Å²) in [5.41, 5.74) is -4.76. The molecule has 0 heterocycles. The van der Waals surface area contributed by atoms with Gasteiger partial charge in [-0.3, -0.25) is 9.32 Å². The van der Waals surface area contributed by atoms with Gasteiger partial charge in [0.25, 0.3) is 5.91 Å². The van der Waals surface area contributed by atoms with Crippen LogP contribution in [0.25, 0.3) is 0 Å². The number of hydrogen-bond donors (Lipinski definition) is 3. The number of benzene rings is 2. The monoisotopic (exact) mass is 462 g/mol. The third-order valence-electron chi connectivity index (χ3n) is 3.83. The maximum atomic E-state index is 13.1. The number of carbonyl (C=O) groups is 1. The van der Waals surface area contributed by atoms with Gasteiger partial charge in [0.15, 0.2) is 5.60 Å². The van der Waals surface area contributed by atoms with E-state index in [1.807, 2.05) is 0 Å². The standard InChI is InChI=1S/C18H15F4N2O6P/c1-17(30-31(26,27)28,10-29-14-6-3-12(19)4-7-14)16(25)24-13-5-2-11(9-23)15(8-13)18(20,21)22/h2-8H,10H2,1H3,(H,24,25)(H2,26,27,28)/t17-/m0/s1. The molecule has 8 nitrogen and oxygen atoms in total. The van der Waals surface area contributed by atoms with Crippen LogP contribution >= 0.6 is 7.82 Å². The highest BCUT2D eigenvalue weighted by Crippen LogP contribution is 2.42. The van der Waals surface area contributed by atoms with E-state index in [0.717, 1.165) is 31.2 Å². The van der Waals surface area contributed by atoms with E-state index < -0.39 is 54.7 Å². The maximum absolute atomic E-state index is 13.1. The van der Waals surface area contributed by atoms with Crippen LogP contribution in [-0.2, 0) is 20.1 Å². The van der Waals surface area contributed by atoms with Gasteiger partial charge in [-0.15, -0.1) is 0 Å². The molecule has 13 heteroatoms. The van der Waals surface area contributed by atoms with Gasteiger partial charge >= 0.3 is 14.0 Å². The Bertz CT molecular complexity index is 1050. The van der Waals surface area contributed by atoms with Gasteiger partial charge in [0.05, 0.1) is 17.2 Å². The van der Waals surface area contributed by atoms with E-state index in [0.29, 0.717) is 6.07 Å². The van der Waals surface area contributed by atoms with Crippen molar-refractivity contribution in [3.05, 3.63) is 59.4 Å². The van der Waals surface area contributed by atoms with E-state index in [4.69, 9.17) is 19.8 Å². The summed E-state index contributed by atoms with van der Waals surface area (Å²) in [7, 11) is -5.25. The first-order chi connectivity index (χ1) is 14.2. The van der Waals surface area contributed by atoms with E-state index in [2.05, 4.69) is 9.84 Å². The molecular formula is C18H15F4N2O6P. The van der Waals surface area contributed by atoms with Crippen LogP contribution in [0.15, 0.2) is 42.5 Å². The first-order valence-corrected chi connectivity index (χ1v) is 9.84. The fourth-order valence-electron chi connectivity index (χ4n) is 2.37. The molecule has 1 atom stereocenters. The lowest BCUT2D eigenvalue weighted by atomic mass is 10.1. The van der Waals surface area contributed by atoms with Crippen LogP contribution in [-0.4, -0.2) is 27.9 Å². The van der Waals surface area contributed by atoms with Crippen LogP contribution in [0.1, 0.15) is 18.1 Å². The van der Waals surface area contributed by atoms with Crippen molar-refractivity contribution < 1.29 is 46.0 Å². The zero-order valence-corrected chi connectivity index (χ0v) is 16.6. The van der Waals surface area contributed by atoms with Crippen molar-refractivity contribution in [2.75, 3.05) is 11.9 Å². The van der Waals surface area contributed by atoms with Crippen LogP contribution < -0.4 is 10.1 Å². The van der Waals surface area contributed by atoms with Crippen molar-refractivity contribution in [2.24, 2.45) is 0 Å². The van der Waals surface area contributed by atoms with Crippen molar-refractivity contribution in [1.29, 1.82) is 5.26 Å². The van der Waals surface area contributed by atoms with Crippen molar-refractivity contribution in [3.8, 4) is 11.8 Å². The maximum Gasteiger partial charge on any atom is 0.470 e. The van der Waals surface area contributed by atoms with Crippen molar-refractivity contribution >= 4 is 19.4 Å². The Morgan fingerprint density at radius 1 is 1.19 bits per heavy atom. The summed E-state index contributed by atoms with van der Waals surface area (Å²) in [6.07, 6.45) is -4.89. The molecule has 1 amide bonds. The minimum atomic E-state index is -5.25. The normalized spacial score (nSPS) is 13.7. The predicted molar refractivity (Wildman–Crippen MR) is 98.2 cm³/mol. The second-order valence-electron chi connectivity index (χ2n) is 6.38. The molecule has 0 aliphatic heterocycles. The number of amides is 1. The number of alkyl halides is 3. The quantitative estimate of drug-likeness (QED) is 0.424. The highest BCUT2D eigenvalue weighted by molar-refractivity contribution is 7.46. The topological polar surface area (TPSA) is 129 Å². The molecule has 0 aliphatic carbocycles. The zero-order chi connectivity index (χ0) is 23.4. The third-order valence-corrected chi connectivity index (χ3v) is 4.47. The Labute approximate surface area is 173 Å². The molecule has 166 valence electrons. The largest absolute Gasteiger partial charge is 0.490 e. The molecule has 0 bridgehead atoms. The molecule has 0 spiro atoms. The molecule has 0 fully saturated rings. The van der Waals surface area contributed by atoms with Gasteiger partial charge in [-0.05, 0) is 49.4 Å². The molecule has 2 aromatic rings. The molecule has 31 heavy (non-hydrogen) atoms. The highest BCUT2D eigenvalue weighted by Gasteiger charge is 2.42. The summed E-state index contributed by atoms with van der Waals surface area (Å²) >= 11 is 0. The van der Waals surface area contributed by atoms with E-state index in [1.54, 1.807) is 0 Å². The number of nitrogens with zero attached hydrogens (tertiary/aromatic N) is 1. The zero-order valence-electron chi connectivity index (χ0n) is 15.7. The fraction of sp³-hybridized carbons (Fsp3) is 0.222. The number of rotatable bonds is 7. The van der Waals surface area contributed by atoms with Crippen molar-refractivity contribution in [1.82, 2.24) is 0 Å². The Morgan fingerprint density at radius 2 is 1.81 bits per heavy atom. The number of nitrogens with one attached hydrogen (secondary N) is 1. The number of ether oxygens (including phenoxy) is 1. The number of nitriles is 1. The minimum absolute atomic E-state index is 0.0347. The summed E-state index contributed by atoms with van der Waals surface area (Å²) < 4.78 is 73.4. The number of phosphoric acid groups is 1. The van der Waals surface area contributed by atoms with E-state index in [9.17, 15) is 26.9 Å². The SMILES string of the molecule is C[C@@](COc1ccc(F)cc1)(OP(=O)(O)O)C(=O)Nc1ccc(C#N)c(C(F)(F)F)c1. The molecule has 0 radical (unpaired) electrons. The van der Waals surface area contributed by atoms with Gasteiger partial charge < -0.3 is 19.8 Å². The first kappa shape index (κ1) is 24.3. The van der Waals surface area contributed by atoms with Gasteiger partial charge in [-0.2, -0.15) is 18.4 Å². The summed E-state index contributed by atoms with van der Waals surface area (Å²) in [6.45, 7) is 0.164. The van der Waals surface area contributed by atoms with Gasteiger partial charge in [-0.25, -0.2) is 8.96 Å². The minimum Gasteiger partial charge on any atom is -0.490 e. The number of phosphoric ester groups is 1. The molecule has 0 saturated heterocycles. The lowest BCUT2D eigenvalue weighted by molar-refractivity contribution is -0.138. The molecule has 2 aromatic carbocycles. The van der Waals surface area contributed by atoms with Crippen LogP contribution in [0, 0.1) is 17.1 Å². The van der Waals surface area contributed by atoms with Gasteiger partial charge in [0, 0.05) is 5.69 Å². The van der Waals surface area contributed by atoms with Gasteiger partial charge in [0.1, 0.15) is 18.2 Å². The molecule has 0 saturated carbocycles. The molecule has 0 unspecified atom stereocenters. The Balaban J connectivity index is 2.30. The van der Waals surface area contributed by atoms with Crippen LogP contribution in [0.4, 0.5) is 23.2 Å². The number of halogens is 4. The summed E-state index contributed by atoms with van der Waals surface area (Å²) in [5.74, 6) is -1.79.